The Labute approximate surface area is 351 Å². The molecule has 0 aromatic carbocycles. The molecule has 4 rings (SSSR count). The molecule has 4 heterocycles. The summed E-state index contributed by atoms with van der Waals surface area (Å²) in [4.78, 5) is 8.58. The van der Waals surface area contributed by atoms with E-state index in [1.54, 1.807) is 6.20 Å². The van der Waals surface area contributed by atoms with Gasteiger partial charge in [0.2, 0.25) is 0 Å². The molecule has 44 heavy (non-hydrogen) atoms. The van der Waals surface area contributed by atoms with Crippen LogP contribution in [0.15, 0.2) is 85.2 Å². The first-order chi connectivity index (χ1) is 18.7. The molecule has 0 bridgehead atoms. The molecule has 247 valence electrons. The maximum absolute atomic E-state index is 4.73. The summed E-state index contributed by atoms with van der Waals surface area (Å²) in [6.07, 6.45) is 18.0. The summed E-state index contributed by atoms with van der Waals surface area (Å²) in [5.74, 6) is 0. The van der Waals surface area contributed by atoms with Crippen LogP contribution in [0, 0.1) is 21.8 Å². The van der Waals surface area contributed by atoms with Crippen LogP contribution >= 0.6 is 7.92 Å². The van der Waals surface area contributed by atoms with Crippen molar-refractivity contribution in [2.45, 2.75) is 73.9 Å². The van der Waals surface area contributed by atoms with Crippen LogP contribution in [0.3, 0.4) is 0 Å². The Balaban J connectivity index is -0.0000000721. The van der Waals surface area contributed by atoms with E-state index in [2.05, 4.69) is 53.8 Å². The van der Waals surface area contributed by atoms with E-state index in [1.165, 1.54) is 6.16 Å². The molecular weight excluding hydrogens is 887 g/mol. The molecule has 2 aromatic rings. The first-order valence-electron chi connectivity index (χ1n) is 14.3. The van der Waals surface area contributed by atoms with Gasteiger partial charge in [-0.1, -0.05) is 104 Å². The van der Waals surface area contributed by atoms with E-state index in [-0.39, 0.29) is 133 Å². The molecule has 4 nitrogen and oxygen atoms in total. The Morgan fingerprint density at radius 3 is 1.36 bits per heavy atom. The van der Waals surface area contributed by atoms with Crippen LogP contribution in [-0.2, 0) is 104 Å². The fraction of sp³-hybridized carbons (Fsp3) is 0.400. The Morgan fingerprint density at radius 1 is 0.682 bits per heavy atom. The molecule has 0 spiro atoms. The van der Waals surface area contributed by atoms with Gasteiger partial charge in [0.05, 0.1) is 0 Å². The van der Waals surface area contributed by atoms with Crippen LogP contribution in [-0.4, -0.2) is 41.5 Å². The van der Waals surface area contributed by atoms with E-state index in [4.69, 9.17) is 5.32 Å². The monoisotopic (exact) mass is 950 g/mol. The fourth-order valence-electron chi connectivity index (χ4n) is 3.10. The van der Waals surface area contributed by atoms with Gasteiger partial charge in [-0.2, -0.15) is 6.42 Å². The second-order valence-corrected chi connectivity index (χ2v) is 10.2. The molecule has 3 radical (unpaired) electrons. The fourth-order valence-corrected chi connectivity index (χ4v) is 4.17. The molecule has 2 aliphatic rings. The minimum absolute atomic E-state index is 0. The van der Waals surface area contributed by atoms with Gasteiger partial charge in [-0.25, -0.2) is 0 Å². The predicted molar refractivity (Wildman–Crippen MR) is 193 cm³/mol. The topological polar surface area (TPSA) is 54.0 Å². The molecule has 0 saturated carbocycles. The Morgan fingerprint density at radius 2 is 1.05 bits per heavy atom. The standard InChI is InChI=1S/C13H16N2P.C12H12N2.4C2H6.2CH3.2Ru.2Y.2H/c1-16(2)10-11-6-5-8-13(15-11)12-7-3-4-9-14-12;1-2-10-6-5-8-12(14-10)11-7-3-4-9-13-11;4*1-2;;;;;;;;/h3-9,11H,10H2,1-2H3;3-10H,1-2H2;4*1-2H3;2*1H3;;;;;;/q-1;-2;;;;;2*-1;+2;+3;;;;/p+1. The second kappa shape index (κ2) is 45.9. The van der Waals surface area contributed by atoms with Gasteiger partial charge in [0.15, 0.2) is 0 Å². The van der Waals surface area contributed by atoms with Crippen LogP contribution in [0.25, 0.3) is 22.0 Å². The quantitative estimate of drug-likeness (QED) is 0.170. The first kappa shape index (κ1) is 63.4. The van der Waals surface area contributed by atoms with Crippen LogP contribution in [0.2, 0.25) is 0 Å². The maximum Gasteiger partial charge on any atom is 0 e. The predicted octanol–water partition coefficient (Wildman–Crippen LogP) is 10.6. The number of nitrogens with zero attached hydrogens (tertiary/aromatic N) is 4. The Bertz CT molecular complexity index is 927. The SMILES string of the molecule is CC.CC.CC.CC.C[PH+](C)CC1C=CC=C(c2ccccn2)[N-]1.[CH2-]CC1C=CC=C(c2ccccn2)[N-]1.[CH3-].[CH3-].[RuH+2].[RuH+3].[Y].[Y]. The summed E-state index contributed by atoms with van der Waals surface area (Å²) in [6.45, 7) is 24.5. The van der Waals surface area contributed by atoms with Gasteiger partial charge >= 0.3 is 39.0 Å². The molecule has 9 heteroatoms. The number of aromatic nitrogens is 2. The number of hydrogen-bond acceptors (Lipinski definition) is 2. The molecule has 0 saturated heterocycles. The summed E-state index contributed by atoms with van der Waals surface area (Å²) < 4.78 is 0. The molecule has 2 aliphatic heterocycles. The molecule has 2 unspecified atom stereocenters. The zero-order valence-corrected chi connectivity index (χ0v) is 40.0. The summed E-state index contributed by atoms with van der Waals surface area (Å²) in [6, 6.07) is 12.3. The molecule has 2 aromatic heterocycles. The van der Waals surface area contributed by atoms with E-state index in [0.717, 1.165) is 29.2 Å². The second-order valence-electron chi connectivity index (χ2n) is 7.40. The third-order valence-corrected chi connectivity index (χ3v) is 5.79. The van der Waals surface area contributed by atoms with Crippen molar-refractivity contribution in [3.05, 3.63) is 129 Å². The van der Waals surface area contributed by atoms with E-state index >= 15 is 0 Å². The first-order valence-corrected chi connectivity index (χ1v) is 17.0. The van der Waals surface area contributed by atoms with Crippen LogP contribution in [0.1, 0.15) is 73.2 Å². The molecule has 0 aliphatic carbocycles. The third kappa shape index (κ3) is 28.9. The van der Waals surface area contributed by atoms with Gasteiger partial charge in [-0.3, -0.25) is 9.97 Å². The van der Waals surface area contributed by atoms with E-state index in [0.29, 0.717) is 6.04 Å². The van der Waals surface area contributed by atoms with Gasteiger partial charge < -0.3 is 32.4 Å². The summed E-state index contributed by atoms with van der Waals surface area (Å²) in [5, 5.41) is 9.25. The van der Waals surface area contributed by atoms with Crippen molar-refractivity contribution in [1.29, 1.82) is 0 Å². The summed E-state index contributed by atoms with van der Waals surface area (Å²) in [7, 11) is -0.231. The smallest absolute Gasteiger partial charge is 0 e. The van der Waals surface area contributed by atoms with Crippen molar-refractivity contribution in [2.24, 2.45) is 0 Å². The molecule has 0 amide bonds. The van der Waals surface area contributed by atoms with Crippen molar-refractivity contribution >= 4 is 19.3 Å². The molecule has 2 atom stereocenters. The van der Waals surface area contributed by atoms with Crippen molar-refractivity contribution < 1.29 is 104 Å². The van der Waals surface area contributed by atoms with Gasteiger partial charge in [-0.05, 0) is 32.2 Å². The van der Waals surface area contributed by atoms with Crippen molar-refractivity contribution in [2.75, 3.05) is 19.5 Å². The van der Waals surface area contributed by atoms with Crippen molar-refractivity contribution in [3.63, 3.8) is 0 Å². The minimum atomic E-state index is -0.231. The minimum Gasteiger partial charge on any atom is 0 e. The Hall–Kier alpha value is 0.745. The van der Waals surface area contributed by atoms with Crippen molar-refractivity contribution in [3.8, 4) is 0 Å². The normalized spacial score (nSPS) is 14.0. The van der Waals surface area contributed by atoms with Gasteiger partial charge in [0.1, 0.15) is 0 Å². The van der Waals surface area contributed by atoms with Gasteiger partial charge in [0, 0.05) is 109 Å². The Kier molecular flexibility index (Phi) is 66.1. The molecular formula is C35H61N4PRu2Y2+. The number of hydrogen-bond donors (Lipinski definition) is 0. The third-order valence-electron chi connectivity index (χ3n) is 4.55. The zero-order chi connectivity index (χ0) is 29.2. The van der Waals surface area contributed by atoms with E-state index in [9.17, 15) is 0 Å². The van der Waals surface area contributed by atoms with Crippen LogP contribution in [0.4, 0.5) is 0 Å². The zero-order valence-electron chi connectivity index (χ0n) is 29.6. The van der Waals surface area contributed by atoms with Gasteiger partial charge in [-0.15, -0.1) is 23.5 Å². The molecule has 0 fully saturated rings. The van der Waals surface area contributed by atoms with Gasteiger partial charge in [0.25, 0.3) is 0 Å². The van der Waals surface area contributed by atoms with E-state index < -0.39 is 0 Å². The number of pyridine rings is 2. The number of rotatable bonds is 5. The average molecular weight is 949 g/mol. The maximum atomic E-state index is 4.73. The van der Waals surface area contributed by atoms with E-state index in [1.807, 2.05) is 116 Å². The van der Waals surface area contributed by atoms with Crippen LogP contribution < -0.4 is 0 Å². The summed E-state index contributed by atoms with van der Waals surface area (Å²) >= 11 is 0. The molecule has 0 N–H and O–H groups in total. The largest absolute Gasteiger partial charge is 0 e. The van der Waals surface area contributed by atoms with Crippen LogP contribution in [0.5, 0.6) is 0 Å². The summed E-state index contributed by atoms with van der Waals surface area (Å²) in [5.41, 5.74) is 3.85. The average Bonchev–Trinajstić information content (AvgIpc) is 3.02. The van der Waals surface area contributed by atoms with Crippen molar-refractivity contribution in [1.82, 2.24) is 9.97 Å². The number of allylic oxidation sites excluding steroid dienone is 4.